The Morgan fingerprint density at radius 3 is 2.52 bits per heavy atom. The van der Waals surface area contributed by atoms with E-state index in [1.165, 1.54) is 6.07 Å². The van der Waals surface area contributed by atoms with Gasteiger partial charge in [0.1, 0.15) is 11.2 Å². The number of halogens is 1. The van der Waals surface area contributed by atoms with Crippen LogP contribution >= 0.6 is 15.9 Å². The van der Waals surface area contributed by atoms with Crippen LogP contribution in [0.1, 0.15) is 0 Å². The molecule has 0 fully saturated rings. The second kappa shape index (κ2) is 5.21. The third kappa shape index (κ3) is 2.29. The van der Waals surface area contributed by atoms with E-state index in [4.69, 9.17) is 4.42 Å². The van der Waals surface area contributed by atoms with Crippen LogP contribution in [0, 0.1) is 10.1 Å². The molecule has 1 aromatic heterocycles. The van der Waals surface area contributed by atoms with Crippen molar-refractivity contribution in [1.82, 2.24) is 0 Å². The highest BCUT2D eigenvalue weighted by atomic mass is 79.9. The summed E-state index contributed by atoms with van der Waals surface area (Å²) in [6, 6.07) is 18.5. The summed E-state index contributed by atoms with van der Waals surface area (Å²) in [4.78, 5) is 10.9. The van der Waals surface area contributed by atoms with Crippen molar-refractivity contribution in [2.24, 2.45) is 0 Å². The zero-order valence-corrected chi connectivity index (χ0v) is 13.4. The van der Waals surface area contributed by atoms with Crippen LogP contribution in [0.3, 0.4) is 0 Å². The van der Waals surface area contributed by atoms with Gasteiger partial charge in [0, 0.05) is 21.3 Å². The molecule has 23 heavy (non-hydrogen) atoms. The lowest BCUT2D eigenvalue weighted by Gasteiger charge is -2.04. The molecule has 0 saturated carbocycles. The monoisotopic (exact) mass is 367 g/mol. The average Bonchev–Trinajstić information content (AvgIpc) is 2.92. The third-order valence-corrected chi connectivity index (χ3v) is 4.34. The maximum atomic E-state index is 11.3. The van der Waals surface area contributed by atoms with Crippen molar-refractivity contribution < 1.29 is 9.34 Å². The molecule has 4 aromatic rings. The Morgan fingerprint density at radius 1 is 0.913 bits per heavy atom. The predicted molar refractivity (Wildman–Crippen MR) is 93.5 cm³/mol. The lowest BCUT2D eigenvalue weighted by atomic mass is 10.0. The zero-order chi connectivity index (χ0) is 16.0. The molecule has 0 radical (unpaired) electrons. The Hall–Kier alpha value is -2.66. The second-order valence-electron chi connectivity index (χ2n) is 5.23. The highest BCUT2D eigenvalue weighted by Crippen LogP contribution is 2.36. The Bertz CT molecular complexity index is 1070. The van der Waals surface area contributed by atoms with Crippen LogP contribution in [-0.2, 0) is 0 Å². The van der Waals surface area contributed by atoms with E-state index >= 15 is 0 Å². The Morgan fingerprint density at radius 2 is 1.70 bits per heavy atom. The topological polar surface area (TPSA) is 56.3 Å². The zero-order valence-electron chi connectivity index (χ0n) is 11.8. The van der Waals surface area contributed by atoms with Gasteiger partial charge >= 0.3 is 0 Å². The van der Waals surface area contributed by atoms with Gasteiger partial charge in [0.15, 0.2) is 0 Å². The summed E-state index contributed by atoms with van der Waals surface area (Å²) in [5, 5.41) is 13.4. The molecule has 0 aliphatic rings. The molecule has 5 heteroatoms. The molecule has 0 aliphatic carbocycles. The number of fused-ring (bicyclic) bond motifs is 3. The van der Waals surface area contributed by atoms with E-state index in [1.54, 1.807) is 12.1 Å². The quantitative estimate of drug-likeness (QED) is 0.326. The van der Waals surface area contributed by atoms with E-state index in [0.717, 1.165) is 27.5 Å². The molecule has 0 N–H and O–H groups in total. The highest BCUT2D eigenvalue weighted by molar-refractivity contribution is 9.10. The molecule has 4 nitrogen and oxygen atoms in total. The van der Waals surface area contributed by atoms with E-state index in [2.05, 4.69) is 15.9 Å². The summed E-state index contributed by atoms with van der Waals surface area (Å²) in [5.74, 6) is 0. The van der Waals surface area contributed by atoms with Gasteiger partial charge < -0.3 is 4.42 Å². The number of hydrogen-bond acceptors (Lipinski definition) is 3. The normalized spacial score (nSPS) is 11.2. The summed E-state index contributed by atoms with van der Waals surface area (Å²) in [5.41, 5.74) is 2.93. The number of para-hydroxylation sites is 1. The number of hydrogen-bond donors (Lipinski definition) is 0. The Labute approximate surface area is 139 Å². The van der Waals surface area contributed by atoms with Gasteiger partial charge in [0.05, 0.1) is 10.5 Å². The smallest absolute Gasteiger partial charge is 0.278 e. The largest absolute Gasteiger partial charge is 0.456 e. The molecule has 4 rings (SSSR count). The molecule has 0 aliphatic heterocycles. The number of furan rings is 1. The second-order valence-corrected chi connectivity index (χ2v) is 6.14. The van der Waals surface area contributed by atoms with Gasteiger partial charge in [-0.15, -0.1) is 0 Å². The van der Waals surface area contributed by atoms with Gasteiger partial charge in [-0.25, -0.2) is 0 Å². The van der Waals surface area contributed by atoms with E-state index in [-0.39, 0.29) is 10.6 Å². The van der Waals surface area contributed by atoms with E-state index in [0.29, 0.717) is 10.0 Å². The lowest BCUT2D eigenvalue weighted by Crippen LogP contribution is -1.92. The number of rotatable bonds is 2. The molecule has 0 saturated heterocycles. The minimum Gasteiger partial charge on any atom is -0.456 e. The average molecular weight is 368 g/mol. The first-order valence-electron chi connectivity index (χ1n) is 6.99. The van der Waals surface area contributed by atoms with Crippen LogP contribution in [-0.4, -0.2) is 4.92 Å². The van der Waals surface area contributed by atoms with Crippen LogP contribution < -0.4 is 0 Å². The van der Waals surface area contributed by atoms with Gasteiger partial charge in [-0.1, -0.05) is 40.2 Å². The fraction of sp³-hybridized carbons (Fsp3) is 0. The van der Waals surface area contributed by atoms with Gasteiger partial charge in [0.2, 0.25) is 0 Å². The molecule has 3 aromatic carbocycles. The van der Waals surface area contributed by atoms with E-state index in [9.17, 15) is 10.1 Å². The van der Waals surface area contributed by atoms with Crippen molar-refractivity contribution in [2.45, 2.75) is 0 Å². The number of nitro groups is 1. The van der Waals surface area contributed by atoms with Crippen LogP contribution in [0.4, 0.5) is 5.69 Å². The Kier molecular flexibility index (Phi) is 3.16. The molecule has 1 heterocycles. The standard InChI is InChI=1S/C18H10BrNO3/c19-12-6-8-13(16(10-12)20(21)22)11-5-7-15-14-3-1-2-4-17(14)23-18(15)9-11/h1-10H. The Balaban J connectivity index is 1.96. The van der Waals surface area contributed by atoms with Gasteiger partial charge in [-0.05, 0) is 35.9 Å². The minimum absolute atomic E-state index is 0.0647. The van der Waals surface area contributed by atoms with Crippen LogP contribution in [0.15, 0.2) is 69.6 Å². The first-order valence-corrected chi connectivity index (χ1v) is 7.78. The van der Waals surface area contributed by atoms with Crippen LogP contribution in [0.25, 0.3) is 33.1 Å². The van der Waals surface area contributed by atoms with Crippen molar-refractivity contribution in [2.75, 3.05) is 0 Å². The van der Waals surface area contributed by atoms with Gasteiger partial charge in [-0.3, -0.25) is 10.1 Å². The molecule has 0 atom stereocenters. The SMILES string of the molecule is O=[N+]([O-])c1cc(Br)ccc1-c1ccc2c(c1)oc1ccccc12. The van der Waals surface area contributed by atoms with Crippen molar-refractivity contribution in [3.63, 3.8) is 0 Å². The van der Waals surface area contributed by atoms with E-state index < -0.39 is 0 Å². The molecule has 0 unspecified atom stereocenters. The minimum atomic E-state index is -0.372. The molecule has 0 amide bonds. The van der Waals surface area contributed by atoms with Crippen LogP contribution in [0.2, 0.25) is 0 Å². The van der Waals surface area contributed by atoms with Crippen molar-refractivity contribution in [1.29, 1.82) is 0 Å². The number of nitrogens with zero attached hydrogens (tertiary/aromatic N) is 1. The van der Waals surface area contributed by atoms with E-state index in [1.807, 2.05) is 42.5 Å². The fourth-order valence-electron chi connectivity index (χ4n) is 2.79. The maximum Gasteiger partial charge on any atom is 0.278 e. The molecular formula is C18H10BrNO3. The lowest BCUT2D eigenvalue weighted by molar-refractivity contribution is -0.384. The summed E-state index contributed by atoms with van der Waals surface area (Å²) in [7, 11) is 0. The molecule has 0 bridgehead atoms. The summed E-state index contributed by atoms with van der Waals surface area (Å²) >= 11 is 3.28. The molecular weight excluding hydrogens is 358 g/mol. The fourth-order valence-corrected chi connectivity index (χ4v) is 3.14. The molecule has 112 valence electrons. The van der Waals surface area contributed by atoms with Gasteiger partial charge in [-0.2, -0.15) is 0 Å². The highest BCUT2D eigenvalue weighted by Gasteiger charge is 2.17. The third-order valence-electron chi connectivity index (χ3n) is 3.85. The summed E-state index contributed by atoms with van der Waals surface area (Å²) in [6.07, 6.45) is 0. The first-order chi connectivity index (χ1) is 11.1. The van der Waals surface area contributed by atoms with Gasteiger partial charge in [0.25, 0.3) is 5.69 Å². The summed E-state index contributed by atoms with van der Waals surface area (Å²) in [6.45, 7) is 0. The first kappa shape index (κ1) is 14.0. The van der Waals surface area contributed by atoms with Crippen LogP contribution in [0.5, 0.6) is 0 Å². The maximum absolute atomic E-state index is 11.3. The summed E-state index contributed by atoms with van der Waals surface area (Å²) < 4.78 is 6.54. The van der Waals surface area contributed by atoms with Crippen molar-refractivity contribution in [3.8, 4) is 11.1 Å². The number of benzene rings is 3. The van der Waals surface area contributed by atoms with Crippen molar-refractivity contribution >= 4 is 43.6 Å². The number of nitro benzene ring substituents is 1. The molecule has 0 spiro atoms. The van der Waals surface area contributed by atoms with Crippen molar-refractivity contribution in [3.05, 3.63) is 75.3 Å². The predicted octanol–water partition coefficient (Wildman–Crippen LogP) is 5.92.